The van der Waals surface area contributed by atoms with Crippen LogP contribution in [-0.2, 0) is 9.59 Å². The van der Waals surface area contributed by atoms with Crippen molar-refractivity contribution in [1.82, 2.24) is 0 Å². The SMILES string of the molecule is COc1ccc(N2C(=O)[C@@H]3[C@@H](C2=O)[C@@]2(Cl)C(Cl)=C(Cl)[C@@]3(Cl)C2(Cl)Cl)c([N+](=O)[O-])c1. The molecule has 1 aromatic rings. The second kappa shape index (κ2) is 6.28. The molecule has 13 heteroatoms. The molecular formula is C16H8Cl6N2O5. The van der Waals surface area contributed by atoms with Crippen LogP contribution in [0.25, 0.3) is 0 Å². The molecule has 154 valence electrons. The van der Waals surface area contributed by atoms with Gasteiger partial charge in [0, 0.05) is 0 Å². The van der Waals surface area contributed by atoms with Gasteiger partial charge in [-0.2, -0.15) is 0 Å². The van der Waals surface area contributed by atoms with Crippen LogP contribution in [0.4, 0.5) is 11.4 Å². The van der Waals surface area contributed by atoms with E-state index in [0.29, 0.717) is 4.90 Å². The van der Waals surface area contributed by atoms with E-state index >= 15 is 0 Å². The van der Waals surface area contributed by atoms with Gasteiger partial charge in [0.25, 0.3) is 5.69 Å². The van der Waals surface area contributed by atoms with Gasteiger partial charge in [-0.05, 0) is 12.1 Å². The number of nitrogens with zero attached hydrogens (tertiary/aromatic N) is 2. The molecule has 4 rings (SSSR count). The van der Waals surface area contributed by atoms with Crippen LogP contribution in [-0.4, -0.2) is 37.9 Å². The van der Waals surface area contributed by atoms with E-state index < -0.39 is 48.3 Å². The van der Waals surface area contributed by atoms with Gasteiger partial charge < -0.3 is 4.74 Å². The van der Waals surface area contributed by atoms with Gasteiger partial charge in [-0.25, -0.2) is 4.90 Å². The summed E-state index contributed by atoms with van der Waals surface area (Å²) in [4.78, 5) is 34.0. The number of benzene rings is 1. The Morgan fingerprint density at radius 1 is 1.03 bits per heavy atom. The molecule has 0 unspecified atom stereocenters. The lowest BCUT2D eigenvalue weighted by molar-refractivity contribution is -0.384. The summed E-state index contributed by atoms with van der Waals surface area (Å²) < 4.78 is 2.90. The molecule has 0 aromatic heterocycles. The van der Waals surface area contributed by atoms with Crippen molar-refractivity contribution < 1.29 is 19.2 Å². The van der Waals surface area contributed by atoms with Gasteiger partial charge in [0.1, 0.15) is 21.2 Å². The van der Waals surface area contributed by atoms with Crippen molar-refractivity contribution in [3.05, 3.63) is 38.4 Å². The molecule has 2 amide bonds. The van der Waals surface area contributed by atoms with Crippen LogP contribution < -0.4 is 9.64 Å². The van der Waals surface area contributed by atoms with Crippen molar-refractivity contribution in [1.29, 1.82) is 0 Å². The highest BCUT2D eigenvalue weighted by Gasteiger charge is 2.87. The van der Waals surface area contributed by atoms with Crippen LogP contribution in [0.1, 0.15) is 0 Å². The Hall–Kier alpha value is -0.960. The van der Waals surface area contributed by atoms with Crippen LogP contribution in [0.5, 0.6) is 5.75 Å². The number of methoxy groups -OCH3 is 1. The predicted octanol–water partition coefficient (Wildman–Crippen LogP) is 4.55. The van der Waals surface area contributed by atoms with Crippen molar-refractivity contribution in [2.45, 2.75) is 14.1 Å². The fraction of sp³-hybridized carbons (Fsp3) is 0.375. The second-order valence-corrected chi connectivity index (χ2v) is 9.98. The van der Waals surface area contributed by atoms with E-state index in [0.717, 1.165) is 6.07 Å². The summed E-state index contributed by atoms with van der Waals surface area (Å²) in [6, 6.07) is 3.66. The number of hydrogen-bond donors (Lipinski definition) is 0. The standard InChI is InChI=1S/C16H8Cl6N2O5/c1-29-5-2-3-6(7(4-5)24(27)28)23-12(25)8-9(13(23)26)15(20)11(18)10(17)14(8,19)16(15,21)22/h2-4,8-9H,1H3/t8-,9-,14+,15+/m0/s1. The van der Waals surface area contributed by atoms with Gasteiger partial charge in [0.05, 0.1) is 40.0 Å². The third kappa shape index (κ3) is 2.19. The third-order valence-electron chi connectivity index (χ3n) is 5.53. The summed E-state index contributed by atoms with van der Waals surface area (Å²) >= 11 is 38.5. The van der Waals surface area contributed by atoms with E-state index in [2.05, 4.69) is 0 Å². The van der Waals surface area contributed by atoms with E-state index in [9.17, 15) is 19.7 Å². The average molecular weight is 521 g/mol. The predicted molar refractivity (Wildman–Crippen MR) is 109 cm³/mol. The lowest BCUT2D eigenvalue weighted by atomic mass is 9.84. The Labute approximate surface area is 193 Å². The Morgan fingerprint density at radius 2 is 1.52 bits per heavy atom. The minimum absolute atomic E-state index is 0.163. The minimum Gasteiger partial charge on any atom is -0.496 e. The molecule has 0 N–H and O–H groups in total. The quantitative estimate of drug-likeness (QED) is 0.252. The number of amides is 2. The van der Waals surface area contributed by atoms with Crippen LogP contribution in [0.2, 0.25) is 0 Å². The summed E-state index contributed by atoms with van der Waals surface area (Å²) in [6.07, 6.45) is 0. The molecule has 2 aliphatic carbocycles. The molecule has 2 fully saturated rings. The molecule has 1 heterocycles. The Kier molecular flexibility index (Phi) is 4.61. The number of nitro benzene ring substituents is 1. The van der Waals surface area contributed by atoms with Crippen molar-refractivity contribution in [3.8, 4) is 5.75 Å². The Bertz CT molecular complexity index is 999. The second-order valence-electron chi connectivity index (χ2n) is 6.70. The summed E-state index contributed by atoms with van der Waals surface area (Å²) in [6.45, 7) is 0. The lowest BCUT2D eigenvalue weighted by Gasteiger charge is -2.34. The van der Waals surface area contributed by atoms with E-state index in [1.807, 2.05) is 0 Å². The first-order valence-electron chi connectivity index (χ1n) is 7.89. The van der Waals surface area contributed by atoms with Crippen LogP contribution in [0, 0.1) is 22.0 Å². The fourth-order valence-corrected chi connectivity index (χ4v) is 7.13. The van der Waals surface area contributed by atoms with Crippen molar-refractivity contribution >= 4 is 92.8 Å². The van der Waals surface area contributed by atoms with Crippen LogP contribution >= 0.6 is 69.6 Å². The number of halogens is 6. The maximum absolute atomic E-state index is 13.3. The van der Waals surface area contributed by atoms with Gasteiger partial charge in [0.2, 0.25) is 11.8 Å². The highest BCUT2D eigenvalue weighted by molar-refractivity contribution is 6.67. The van der Waals surface area contributed by atoms with Crippen molar-refractivity contribution in [2.75, 3.05) is 12.0 Å². The van der Waals surface area contributed by atoms with E-state index in [1.165, 1.54) is 19.2 Å². The van der Waals surface area contributed by atoms with Gasteiger partial charge in [0.15, 0.2) is 4.33 Å². The molecule has 29 heavy (non-hydrogen) atoms. The molecule has 1 saturated carbocycles. The number of fused-ring (bicyclic) bond motifs is 5. The van der Waals surface area contributed by atoms with E-state index in [1.54, 1.807) is 0 Å². The third-order valence-corrected chi connectivity index (χ3v) is 9.79. The summed E-state index contributed by atoms with van der Waals surface area (Å²) in [5.41, 5.74) is -0.805. The zero-order chi connectivity index (χ0) is 21.7. The molecule has 4 atom stereocenters. The first-order valence-corrected chi connectivity index (χ1v) is 10.2. The summed E-state index contributed by atoms with van der Waals surface area (Å²) in [7, 11) is 1.32. The maximum atomic E-state index is 13.3. The number of alkyl halides is 4. The zero-order valence-electron chi connectivity index (χ0n) is 14.1. The number of nitro groups is 1. The molecule has 0 radical (unpaired) electrons. The molecule has 1 aromatic carbocycles. The highest BCUT2D eigenvalue weighted by atomic mass is 35.5. The van der Waals surface area contributed by atoms with Crippen LogP contribution in [0.3, 0.4) is 0 Å². The summed E-state index contributed by atoms with van der Waals surface area (Å²) in [5.74, 6) is -4.34. The minimum atomic E-state index is -2.07. The normalized spacial score (nSPS) is 34.8. The number of imide groups is 1. The smallest absolute Gasteiger partial charge is 0.297 e. The molecule has 0 spiro atoms. The van der Waals surface area contributed by atoms with Gasteiger partial charge in [-0.1, -0.05) is 46.4 Å². The van der Waals surface area contributed by atoms with Crippen molar-refractivity contribution in [2.24, 2.45) is 11.8 Å². The lowest BCUT2D eigenvalue weighted by Crippen LogP contribution is -2.50. The maximum Gasteiger partial charge on any atom is 0.297 e. The average Bonchev–Trinajstić information content (AvgIpc) is 3.05. The number of hydrogen-bond acceptors (Lipinski definition) is 5. The van der Waals surface area contributed by atoms with E-state index in [4.69, 9.17) is 74.3 Å². The number of allylic oxidation sites excluding steroid dienone is 2. The number of rotatable bonds is 3. The first-order chi connectivity index (χ1) is 13.4. The molecule has 1 aliphatic heterocycles. The van der Waals surface area contributed by atoms with Gasteiger partial charge in [-0.15, -0.1) is 23.2 Å². The number of carbonyl (C=O) groups excluding carboxylic acids is 2. The zero-order valence-corrected chi connectivity index (χ0v) is 18.6. The topological polar surface area (TPSA) is 89.8 Å². The molecule has 3 aliphatic rings. The van der Waals surface area contributed by atoms with E-state index in [-0.39, 0.29) is 21.5 Å². The number of ether oxygens (including phenoxy) is 1. The molecule has 7 nitrogen and oxygen atoms in total. The number of carbonyl (C=O) groups is 2. The molecule has 1 saturated heterocycles. The molecule has 2 bridgehead atoms. The summed E-state index contributed by atoms with van der Waals surface area (Å²) in [5, 5.41) is 11.1. The fourth-order valence-electron chi connectivity index (χ4n) is 4.20. The highest BCUT2D eigenvalue weighted by Crippen LogP contribution is 2.77. The largest absolute Gasteiger partial charge is 0.496 e. The van der Waals surface area contributed by atoms with Gasteiger partial charge in [-0.3, -0.25) is 19.7 Å². The monoisotopic (exact) mass is 518 g/mol. The van der Waals surface area contributed by atoms with Gasteiger partial charge >= 0.3 is 0 Å². The Morgan fingerprint density at radius 3 is 1.93 bits per heavy atom. The van der Waals surface area contributed by atoms with Crippen molar-refractivity contribution in [3.63, 3.8) is 0 Å². The number of anilines is 1. The van der Waals surface area contributed by atoms with Crippen LogP contribution in [0.15, 0.2) is 28.3 Å². The molecular weight excluding hydrogens is 513 g/mol. The first kappa shape index (κ1) is 21.3. The Balaban J connectivity index is 1.91.